The first-order valence-corrected chi connectivity index (χ1v) is 8.79. The van der Waals surface area contributed by atoms with Crippen LogP contribution in [0, 0.1) is 0 Å². The summed E-state index contributed by atoms with van der Waals surface area (Å²) in [6.07, 6.45) is 3.80. The van der Waals surface area contributed by atoms with Crippen LogP contribution in [0.2, 0.25) is 5.02 Å². The lowest BCUT2D eigenvalue weighted by atomic mass is 9.78. The van der Waals surface area contributed by atoms with E-state index < -0.39 is 0 Å². The number of hydrazine groups is 1. The minimum Gasteiger partial charge on any atom is -0.354 e. The zero-order valence-electron chi connectivity index (χ0n) is 14.5. The number of halogens is 1. The Morgan fingerprint density at radius 2 is 2.22 bits per heavy atom. The van der Waals surface area contributed by atoms with Crippen molar-refractivity contribution in [3.8, 4) is 0 Å². The Labute approximate surface area is 144 Å². The molecule has 1 aromatic rings. The third kappa shape index (κ3) is 3.64. The smallest absolute Gasteiger partial charge is 0.256 e. The summed E-state index contributed by atoms with van der Waals surface area (Å²) in [6, 6.07) is 5.71. The van der Waals surface area contributed by atoms with Crippen molar-refractivity contribution in [3.05, 3.63) is 28.8 Å². The van der Waals surface area contributed by atoms with Gasteiger partial charge in [0.25, 0.3) is 5.91 Å². The van der Waals surface area contributed by atoms with Crippen LogP contribution in [0.3, 0.4) is 0 Å². The Bertz CT molecular complexity index is 573. The zero-order valence-corrected chi connectivity index (χ0v) is 15.3. The highest BCUT2D eigenvalue weighted by atomic mass is 35.5. The van der Waals surface area contributed by atoms with E-state index in [2.05, 4.69) is 38.0 Å². The number of anilines is 1. The van der Waals surface area contributed by atoms with Gasteiger partial charge in [-0.2, -0.15) is 0 Å². The van der Waals surface area contributed by atoms with E-state index in [9.17, 15) is 4.79 Å². The summed E-state index contributed by atoms with van der Waals surface area (Å²) < 4.78 is 0. The SMILES string of the molecule is CCCC[C@@H](C(=O)NN)N1c2ccc(Cl)cc2[C@H](C)CC1(C)C. The van der Waals surface area contributed by atoms with Crippen LogP contribution in [0.5, 0.6) is 0 Å². The van der Waals surface area contributed by atoms with Crippen molar-refractivity contribution >= 4 is 23.2 Å². The first-order valence-electron chi connectivity index (χ1n) is 8.41. The Balaban J connectivity index is 2.52. The van der Waals surface area contributed by atoms with E-state index in [1.165, 1.54) is 5.56 Å². The molecular weight excluding hydrogens is 310 g/mol. The summed E-state index contributed by atoms with van der Waals surface area (Å²) >= 11 is 6.20. The molecule has 0 fully saturated rings. The van der Waals surface area contributed by atoms with Crippen LogP contribution in [0.1, 0.15) is 64.9 Å². The van der Waals surface area contributed by atoms with Crippen molar-refractivity contribution in [2.45, 2.75) is 70.9 Å². The van der Waals surface area contributed by atoms with Gasteiger partial charge in [-0.05, 0) is 56.4 Å². The number of amides is 1. The molecule has 0 spiro atoms. The van der Waals surface area contributed by atoms with E-state index in [0.717, 1.165) is 36.4 Å². The maximum absolute atomic E-state index is 12.5. The minimum absolute atomic E-state index is 0.120. The Morgan fingerprint density at radius 3 is 2.83 bits per heavy atom. The molecule has 2 rings (SSSR count). The van der Waals surface area contributed by atoms with Gasteiger partial charge in [0.2, 0.25) is 0 Å². The molecule has 4 nitrogen and oxygen atoms in total. The van der Waals surface area contributed by atoms with Gasteiger partial charge in [-0.1, -0.05) is 38.3 Å². The fourth-order valence-electron chi connectivity index (χ4n) is 3.88. The molecule has 1 aliphatic rings. The van der Waals surface area contributed by atoms with Crippen LogP contribution in [-0.4, -0.2) is 17.5 Å². The highest BCUT2D eigenvalue weighted by Crippen LogP contribution is 2.45. The fraction of sp³-hybridized carbons (Fsp3) is 0.611. The summed E-state index contributed by atoms with van der Waals surface area (Å²) in [5.74, 6) is 5.75. The molecule has 0 aliphatic carbocycles. The first kappa shape index (κ1) is 18.1. The van der Waals surface area contributed by atoms with Crippen LogP contribution < -0.4 is 16.2 Å². The maximum Gasteiger partial charge on any atom is 0.256 e. The number of hydrogen-bond donors (Lipinski definition) is 2. The Morgan fingerprint density at radius 1 is 1.52 bits per heavy atom. The molecule has 1 heterocycles. The molecule has 1 aromatic carbocycles. The molecule has 5 heteroatoms. The third-order valence-electron chi connectivity index (χ3n) is 4.83. The van der Waals surface area contributed by atoms with Gasteiger partial charge in [-0.15, -0.1) is 0 Å². The van der Waals surface area contributed by atoms with Crippen molar-refractivity contribution < 1.29 is 4.79 Å². The molecule has 0 saturated carbocycles. The van der Waals surface area contributed by atoms with E-state index in [1.807, 2.05) is 18.2 Å². The van der Waals surface area contributed by atoms with Gasteiger partial charge in [0, 0.05) is 16.2 Å². The molecule has 0 bridgehead atoms. The lowest BCUT2D eigenvalue weighted by Gasteiger charge is -2.50. The lowest BCUT2D eigenvalue weighted by Crippen LogP contribution is -2.59. The van der Waals surface area contributed by atoms with E-state index >= 15 is 0 Å². The molecule has 23 heavy (non-hydrogen) atoms. The normalized spacial score (nSPS) is 20.8. The average Bonchev–Trinajstić information content (AvgIpc) is 2.49. The molecule has 0 aromatic heterocycles. The molecule has 1 amide bonds. The van der Waals surface area contributed by atoms with Gasteiger partial charge in [0.05, 0.1) is 0 Å². The zero-order chi connectivity index (χ0) is 17.2. The Hall–Kier alpha value is -1.26. The van der Waals surface area contributed by atoms with Gasteiger partial charge in [0.15, 0.2) is 0 Å². The van der Waals surface area contributed by atoms with Crippen molar-refractivity contribution in [3.63, 3.8) is 0 Å². The minimum atomic E-state index is -0.262. The second-order valence-electron chi connectivity index (χ2n) is 7.16. The van der Waals surface area contributed by atoms with Crippen LogP contribution in [0.15, 0.2) is 18.2 Å². The van der Waals surface area contributed by atoms with Gasteiger partial charge >= 0.3 is 0 Å². The fourth-order valence-corrected chi connectivity index (χ4v) is 4.06. The number of nitrogens with zero attached hydrogens (tertiary/aromatic N) is 1. The number of rotatable bonds is 5. The topological polar surface area (TPSA) is 58.4 Å². The monoisotopic (exact) mass is 337 g/mol. The number of hydrogen-bond acceptors (Lipinski definition) is 3. The van der Waals surface area contributed by atoms with Crippen molar-refractivity contribution in [1.82, 2.24) is 5.43 Å². The number of unbranched alkanes of at least 4 members (excludes halogenated alkanes) is 1. The largest absolute Gasteiger partial charge is 0.354 e. The van der Waals surface area contributed by atoms with Crippen LogP contribution >= 0.6 is 11.6 Å². The number of nitrogens with one attached hydrogen (secondary N) is 1. The summed E-state index contributed by atoms with van der Waals surface area (Å²) in [4.78, 5) is 14.7. The molecule has 1 aliphatic heterocycles. The molecule has 3 N–H and O–H groups in total. The lowest BCUT2D eigenvalue weighted by molar-refractivity contribution is -0.123. The molecule has 0 radical (unpaired) electrons. The number of carbonyl (C=O) groups excluding carboxylic acids is 1. The van der Waals surface area contributed by atoms with E-state index in [0.29, 0.717) is 5.92 Å². The molecule has 0 saturated heterocycles. The van der Waals surface area contributed by atoms with E-state index in [-0.39, 0.29) is 17.5 Å². The summed E-state index contributed by atoms with van der Waals surface area (Å²) in [7, 11) is 0. The Kier molecular flexibility index (Phi) is 5.58. The molecule has 2 atom stereocenters. The molecular formula is C18H28ClN3O. The van der Waals surface area contributed by atoms with Crippen molar-refractivity contribution in [2.24, 2.45) is 5.84 Å². The standard InChI is InChI=1S/C18H28ClN3O/c1-5-6-7-16(17(23)21-20)22-15-9-8-13(19)10-14(15)12(2)11-18(22,3)4/h8-10,12,16H,5-7,11,20H2,1-4H3,(H,21,23)/t12-,16+/m1/s1. The second-order valence-corrected chi connectivity index (χ2v) is 7.59. The average molecular weight is 338 g/mol. The van der Waals surface area contributed by atoms with Crippen LogP contribution in [0.25, 0.3) is 0 Å². The first-order chi connectivity index (χ1) is 10.8. The number of benzene rings is 1. The number of nitrogens with two attached hydrogens (primary N) is 1. The van der Waals surface area contributed by atoms with Crippen molar-refractivity contribution in [2.75, 3.05) is 4.90 Å². The van der Waals surface area contributed by atoms with E-state index in [1.54, 1.807) is 0 Å². The van der Waals surface area contributed by atoms with Gasteiger partial charge in [0.1, 0.15) is 6.04 Å². The number of carbonyl (C=O) groups is 1. The second kappa shape index (κ2) is 7.10. The summed E-state index contributed by atoms with van der Waals surface area (Å²) in [5.41, 5.74) is 4.55. The predicted molar refractivity (Wildman–Crippen MR) is 96.7 cm³/mol. The summed E-state index contributed by atoms with van der Waals surface area (Å²) in [6.45, 7) is 8.75. The van der Waals surface area contributed by atoms with E-state index in [4.69, 9.17) is 17.4 Å². The quantitative estimate of drug-likeness (QED) is 0.485. The van der Waals surface area contributed by atoms with Gasteiger partial charge in [-0.3, -0.25) is 10.2 Å². The van der Waals surface area contributed by atoms with Gasteiger partial charge < -0.3 is 4.90 Å². The molecule has 0 unspecified atom stereocenters. The van der Waals surface area contributed by atoms with Crippen LogP contribution in [0.4, 0.5) is 5.69 Å². The molecule has 128 valence electrons. The van der Waals surface area contributed by atoms with Gasteiger partial charge in [-0.25, -0.2) is 5.84 Å². The van der Waals surface area contributed by atoms with Crippen molar-refractivity contribution in [1.29, 1.82) is 0 Å². The third-order valence-corrected chi connectivity index (χ3v) is 5.06. The summed E-state index contributed by atoms with van der Waals surface area (Å²) in [5, 5.41) is 0.739. The van der Waals surface area contributed by atoms with Crippen LogP contribution in [-0.2, 0) is 4.79 Å². The maximum atomic E-state index is 12.5. The highest BCUT2D eigenvalue weighted by Gasteiger charge is 2.42. The highest BCUT2D eigenvalue weighted by molar-refractivity contribution is 6.30. The number of fused-ring (bicyclic) bond motifs is 1. The predicted octanol–water partition coefficient (Wildman–Crippen LogP) is 3.98.